The number of likely N-dealkylation sites (tertiary alicyclic amines) is 2. The minimum Gasteiger partial charge on any atom is -0.507 e. The van der Waals surface area contributed by atoms with E-state index in [0.29, 0.717) is 61.5 Å². The number of aliphatic imine (C=N–C) groups is 4. The van der Waals surface area contributed by atoms with Crippen LogP contribution in [0.5, 0.6) is 23.0 Å². The summed E-state index contributed by atoms with van der Waals surface area (Å²) in [6.07, 6.45) is 7.44. The van der Waals surface area contributed by atoms with Crippen LogP contribution in [0, 0.1) is 0 Å². The number of rotatable bonds is 12. The topological polar surface area (TPSA) is 137 Å². The number of nitrogens with zero attached hydrogens (tertiary/aromatic N) is 6. The lowest BCUT2D eigenvalue weighted by Gasteiger charge is -2.27. The lowest BCUT2D eigenvalue weighted by atomic mass is 9.79. The molecule has 0 saturated carbocycles. The first kappa shape index (κ1) is 67.4. The molecule has 86 heavy (non-hydrogen) atoms. The molecule has 4 unspecified atom stereocenters. The predicted octanol–water partition coefficient (Wildman–Crippen LogP) is 16.5. The third kappa shape index (κ3) is 16.3. The summed E-state index contributed by atoms with van der Waals surface area (Å²) < 4.78 is 0. The van der Waals surface area contributed by atoms with Crippen molar-refractivity contribution in [2.24, 2.45) is 20.0 Å². The molecule has 0 spiro atoms. The summed E-state index contributed by atoms with van der Waals surface area (Å²) in [6.45, 7) is 56.1. The van der Waals surface area contributed by atoms with Crippen molar-refractivity contribution in [3.05, 3.63) is 151 Å². The van der Waals surface area contributed by atoms with Crippen molar-refractivity contribution in [1.29, 1.82) is 0 Å². The summed E-state index contributed by atoms with van der Waals surface area (Å²) in [6, 6.07) is 25.0. The van der Waals surface area contributed by atoms with Gasteiger partial charge < -0.3 is 20.4 Å². The van der Waals surface area contributed by atoms with Crippen molar-refractivity contribution in [3.63, 3.8) is 0 Å². The van der Waals surface area contributed by atoms with Crippen LogP contribution in [0.4, 0.5) is 0 Å². The molecular weight excluding hydrogens is 1060 g/mol. The number of hydrogen-bond acceptors (Lipinski definition) is 10. The molecule has 4 atom stereocenters. The van der Waals surface area contributed by atoms with Gasteiger partial charge in [-0.1, -0.05) is 215 Å². The van der Waals surface area contributed by atoms with Crippen LogP contribution in [0.1, 0.15) is 244 Å². The monoisotopic (exact) mass is 1170 g/mol. The Morgan fingerprint density at radius 3 is 0.663 bits per heavy atom. The van der Waals surface area contributed by atoms with Crippen molar-refractivity contribution >= 4 is 24.9 Å². The van der Waals surface area contributed by atoms with E-state index in [4.69, 9.17) is 20.0 Å². The van der Waals surface area contributed by atoms with Crippen LogP contribution in [0.15, 0.2) is 92.8 Å². The minimum absolute atomic E-state index is 0.134. The maximum Gasteiger partial charge on any atom is 0.128 e. The van der Waals surface area contributed by atoms with E-state index in [0.717, 1.165) is 44.5 Å². The number of phenols is 4. The predicted molar refractivity (Wildman–Crippen MR) is 365 cm³/mol. The van der Waals surface area contributed by atoms with Crippen molar-refractivity contribution in [1.82, 2.24) is 9.80 Å². The number of benzene rings is 5. The third-order valence-electron chi connectivity index (χ3n) is 17.4. The second-order valence-corrected chi connectivity index (χ2v) is 33.4. The summed E-state index contributed by atoms with van der Waals surface area (Å²) in [5, 5.41) is 47.2. The first-order chi connectivity index (χ1) is 39.3. The molecular formula is C76H108N6O4. The molecule has 2 saturated heterocycles. The van der Waals surface area contributed by atoms with Crippen LogP contribution in [-0.2, 0) is 56.4 Å². The van der Waals surface area contributed by atoms with Gasteiger partial charge in [0.2, 0.25) is 0 Å². The molecule has 5 aromatic carbocycles. The third-order valence-corrected chi connectivity index (χ3v) is 17.4. The zero-order valence-corrected chi connectivity index (χ0v) is 57.3. The molecule has 10 heteroatoms. The van der Waals surface area contributed by atoms with Gasteiger partial charge in [-0.05, 0) is 101 Å². The fraction of sp³-hybridized carbons (Fsp3) is 0.553. The van der Waals surface area contributed by atoms with E-state index in [1.165, 1.54) is 11.1 Å². The zero-order valence-electron chi connectivity index (χ0n) is 57.3. The molecule has 7 rings (SSSR count). The lowest BCUT2D eigenvalue weighted by molar-refractivity contribution is 0.321. The van der Waals surface area contributed by atoms with Gasteiger partial charge in [0, 0.05) is 109 Å². The van der Waals surface area contributed by atoms with Crippen molar-refractivity contribution < 1.29 is 20.4 Å². The minimum atomic E-state index is -0.275. The SMILES string of the molecule is CC(C)(C)c1cc(C=NC2CN(Cc3ccc(CN4CC(N=Cc5cc(C(C)(C)C)cc(C(C)(C)C)c5O)C(N=Cc5cc(C(C)(C)C)cc(C(C)(C)C)c5O)C4)cc3)CC2N=Cc2cc(C(C)(C)C)cc(C(C)(C)C)c2O)c(O)c(C(C)(C)C)c1. The summed E-state index contributed by atoms with van der Waals surface area (Å²) in [5.41, 5.74) is 11.7. The van der Waals surface area contributed by atoms with E-state index in [-0.39, 0.29) is 90.5 Å². The van der Waals surface area contributed by atoms with Gasteiger partial charge in [-0.25, -0.2) is 0 Å². The molecule has 0 aromatic heterocycles. The highest BCUT2D eigenvalue weighted by Crippen LogP contribution is 2.42. The molecule has 0 radical (unpaired) electrons. The summed E-state index contributed by atoms with van der Waals surface area (Å²) >= 11 is 0. The molecule has 2 aliphatic heterocycles. The molecule has 0 bridgehead atoms. The molecule has 5 aromatic rings. The van der Waals surface area contributed by atoms with Crippen molar-refractivity contribution in [2.75, 3.05) is 26.2 Å². The van der Waals surface area contributed by atoms with Crippen molar-refractivity contribution in [3.8, 4) is 23.0 Å². The van der Waals surface area contributed by atoms with Gasteiger partial charge in [-0.3, -0.25) is 29.8 Å². The van der Waals surface area contributed by atoms with E-state index in [9.17, 15) is 20.4 Å². The normalized spacial score (nSPS) is 19.4. The first-order valence-electron chi connectivity index (χ1n) is 31.5. The number of aromatic hydroxyl groups is 4. The Labute approximate surface area is 519 Å². The standard InChI is InChI=1S/C76H108N6O4/c1-69(2,3)53-29-49(65(83)57(33-53)73(13,14)15)37-77-61-43-81(44-62(61)78-38-50-30-54(70(4,5)6)34-58(66(50)84)74(16,17)18)41-47-25-27-48(28-26-47)42-82-45-63(79-39-51-31-55(71(7,8)9)35-59(67(51)85)75(19,20)21)64(46-82)80-40-52-32-56(72(10,11)12)36-60(68(52)86)76(22,23)24/h25-40,61-64,83-86H,41-46H2,1-24H3. The Morgan fingerprint density at radius 1 is 0.314 bits per heavy atom. The van der Waals surface area contributed by atoms with E-state index in [1.54, 1.807) is 0 Å². The van der Waals surface area contributed by atoms with Gasteiger partial charge in [0.15, 0.2) is 0 Å². The molecule has 0 aliphatic carbocycles. The first-order valence-corrected chi connectivity index (χ1v) is 31.5. The molecule has 2 heterocycles. The zero-order chi connectivity index (χ0) is 64.2. The Bertz CT molecular complexity index is 2940. The molecule has 2 fully saturated rings. The fourth-order valence-electron chi connectivity index (χ4n) is 11.5. The lowest BCUT2D eigenvalue weighted by Crippen LogP contribution is -2.22. The van der Waals surface area contributed by atoms with Crippen LogP contribution in [-0.4, -0.2) is 105 Å². The van der Waals surface area contributed by atoms with Gasteiger partial charge in [0.25, 0.3) is 0 Å². The van der Waals surface area contributed by atoms with E-state index < -0.39 is 0 Å². The van der Waals surface area contributed by atoms with Gasteiger partial charge in [-0.15, -0.1) is 0 Å². The highest BCUT2D eigenvalue weighted by molar-refractivity contribution is 5.88. The van der Waals surface area contributed by atoms with E-state index in [1.807, 2.05) is 24.9 Å². The van der Waals surface area contributed by atoms with E-state index >= 15 is 0 Å². The fourth-order valence-corrected chi connectivity index (χ4v) is 11.5. The van der Waals surface area contributed by atoms with Crippen molar-refractivity contribution in [2.45, 2.75) is 247 Å². The van der Waals surface area contributed by atoms with Crippen LogP contribution in [0.2, 0.25) is 0 Å². The van der Waals surface area contributed by atoms with Crippen LogP contribution in [0.3, 0.4) is 0 Å². The maximum absolute atomic E-state index is 11.8. The second kappa shape index (κ2) is 24.5. The molecule has 10 nitrogen and oxygen atoms in total. The van der Waals surface area contributed by atoms with Crippen LogP contribution < -0.4 is 0 Å². The van der Waals surface area contributed by atoms with Gasteiger partial charge >= 0.3 is 0 Å². The average Bonchev–Trinajstić information content (AvgIpc) is 1.26. The number of phenolic OH excluding ortho intramolecular Hbond substituents is 4. The highest BCUT2D eigenvalue weighted by atomic mass is 16.3. The second-order valence-electron chi connectivity index (χ2n) is 33.4. The van der Waals surface area contributed by atoms with E-state index in [2.05, 4.69) is 249 Å². The Balaban J connectivity index is 1.19. The highest BCUT2D eigenvalue weighted by Gasteiger charge is 2.36. The summed E-state index contributed by atoms with van der Waals surface area (Å²) in [7, 11) is 0. The quantitative estimate of drug-likeness (QED) is 0.0919. The summed E-state index contributed by atoms with van der Waals surface area (Å²) in [4.78, 5) is 25.9. The van der Waals surface area contributed by atoms with Crippen LogP contribution >= 0.6 is 0 Å². The molecule has 2 aliphatic rings. The van der Waals surface area contributed by atoms with Gasteiger partial charge in [-0.2, -0.15) is 0 Å². The summed E-state index contributed by atoms with van der Waals surface area (Å²) in [5.74, 6) is 1.04. The van der Waals surface area contributed by atoms with Gasteiger partial charge in [0.1, 0.15) is 23.0 Å². The Hall–Kier alpha value is -6.10. The molecule has 0 amide bonds. The Morgan fingerprint density at radius 2 is 0.500 bits per heavy atom. The van der Waals surface area contributed by atoms with Gasteiger partial charge in [0.05, 0.1) is 24.2 Å². The average molecular weight is 1170 g/mol. The largest absolute Gasteiger partial charge is 0.507 e. The molecule has 466 valence electrons. The smallest absolute Gasteiger partial charge is 0.128 e. The number of hydrogen-bond donors (Lipinski definition) is 4. The van der Waals surface area contributed by atoms with Crippen LogP contribution in [0.25, 0.3) is 0 Å². The maximum atomic E-state index is 11.8. The Kier molecular flexibility index (Phi) is 19.2. The molecule has 4 N–H and O–H groups in total.